The van der Waals surface area contributed by atoms with Crippen LogP contribution in [0.5, 0.6) is 11.5 Å². The van der Waals surface area contributed by atoms with Crippen molar-refractivity contribution in [3.8, 4) is 11.5 Å². The number of aryl methyl sites for hydroxylation is 1. The van der Waals surface area contributed by atoms with E-state index in [9.17, 15) is 32.3 Å². The van der Waals surface area contributed by atoms with Gasteiger partial charge in [0.05, 0.1) is 29.3 Å². The van der Waals surface area contributed by atoms with Crippen LogP contribution in [-0.4, -0.2) is 41.7 Å². The number of hydrogen-bond acceptors (Lipinski definition) is 8. The number of halogens is 3. The van der Waals surface area contributed by atoms with Crippen LogP contribution in [0.25, 0.3) is 0 Å². The Morgan fingerprint density at radius 3 is 2.44 bits per heavy atom. The first-order chi connectivity index (χ1) is 21.5. The van der Waals surface area contributed by atoms with Crippen LogP contribution in [-0.2, 0) is 20.6 Å². The van der Waals surface area contributed by atoms with E-state index in [4.69, 9.17) is 9.47 Å². The molecule has 0 radical (unpaired) electrons. The number of methoxy groups -OCH3 is 1. The minimum Gasteiger partial charge on any atom is -0.493 e. The number of benzene rings is 3. The summed E-state index contributed by atoms with van der Waals surface area (Å²) in [5.41, 5.74) is 0.464. The zero-order valence-corrected chi connectivity index (χ0v) is 25.3. The number of imide groups is 1. The molecule has 9 nitrogen and oxygen atoms in total. The number of fused-ring (bicyclic) bond motifs is 2. The lowest BCUT2D eigenvalue weighted by atomic mass is 9.83. The van der Waals surface area contributed by atoms with Crippen LogP contribution in [0.15, 0.2) is 76.6 Å². The van der Waals surface area contributed by atoms with Gasteiger partial charge < -0.3 is 19.8 Å². The molecule has 2 unspecified atom stereocenters. The number of carbonyl (C=O) groups excluding carboxylic acids is 3. The molecule has 1 fully saturated rings. The van der Waals surface area contributed by atoms with Gasteiger partial charge in [0.15, 0.2) is 18.1 Å². The third-order valence-electron chi connectivity index (χ3n) is 7.52. The fourth-order valence-corrected chi connectivity index (χ4v) is 8.01. The summed E-state index contributed by atoms with van der Waals surface area (Å²) >= 11 is 1.82. The van der Waals surface area contributed by atoms with E-state index in [0.717, 1.165) is 40.8 Å². The topological polar surface area (TPSA) is 118 Å². The number of nitrogens with one attached hydrogen (secondary N) is 2. The van der Waals surface area contributed by atoms with Gasteiger partial charge in [-0.1, -0.05) is 59.0 Å². The minimum atomic E-state index is -4.80. The summed E-state index contributed by atoms with van der Waals surface area (Å²) in [6.45, 7) is 1.59. The highest BCUT2D eigenvalue weighted by Gasteiger charge is 2.57. The van der Waals surface area contributed by atoms with Crippen molar-refractivity contribution in [1.29, 1.82) is 0 Å². The Kier molecular flexibility index (Phi) is 7.95. The molecule has 1 saturated heterocycles. The Hall–Kier alpha value is -4.56. The molecule has 0 saturated carbocycles. The molecule has 4 aromatic rings. The number of amides is 3. The van der Waals surface area contributed by atoms with Crippen molar-refractivity contribution in [1.82, 2.24) is 4.98 Å². The van der Waals surface area contributed by atoms with Crippen LogP contribution in [0.1, 0.15) is 27.5 Å². The van der Waals surface area contributed by atoms with Crippen molar-refractivity contribution < 1.29 is 37.0 Å². The fraction of sp³-hybridized carbons (Fsp3) is 0.226. The summed E-state index contributed by atoms with van der Waals surface area (Å²) in [5.74, 6) is -3.56. The number of rotatable bonds is 7. The molecule has 14 heteroatoms. The first-order valence-corrected chi connectivity index (χ1v) is 15.3. The lowest BCUT2D eigenvalue weighted by molar-refractivity contribution is -0.137. The predicted molar refractivity (Wildman–Crippen MR) is 162 cm³/mol. The third-order valence-corrected chi connectivity index (χ3v) is 9.92. The number of ether oxygens (including phenoxy) is 2. The van der Waals surface area contributed by atoms with Gasteiger partial charge in [-0.25, -0.2) is 4.90 Å². The van der Waals surface area contributed by atoms with E-state index in [-0.39, 0.29) is 18.1 Å². The largest absolute Gasteiger partial charge is 0.493 e. The number of aromatic amines is 1. The molecule has 3 aromatic carbocycles. The molecule has 2 N–H and O–H groups in total. The minimum absolute atomic E-state index is 0.214. The van der Waals surface area contributed by atoms with E-state index in [1.807, 2.05) is 19.1 Å². The van der Waals surface area contributed by atoms with Gasteiger partial charge in [-0.3, -0.25) is 19.2 Å². The number of para-hydroxylation sites is 1. The molecule has 1 aromatic heterocycles. The first-order valence-electron chi connectivity index (χ1n) is 13.6. The number of nitrogens with zero attached hydrogens (tertiary/aromatic N) is 1. The highest BCUT2D eigenvalue weighted by atomic mass is 32.2. The second-order valence-electron chi connectivity index (χ2n) is 10.4. The SMILES string of the molecule is COc1cc([C@H]2c3sc(=O)[nH]c3SC3C(=O)N(c4ccccc4C(F)(F)F)C(=O)C32)ccc1OCC(=O)Nc1ccc(C)cc1. The van der Waals surface area contributed by atoms with E-state index < -0.39 is 57.1 Å². The monoisotopic (exact) mass is 655 g/mol. The smallest absolute Gasteiger partial charge is 0.418 e. The van der Waals surface area contributed by atoms with Gasteiger partial charge in [-0.2, -0.15) is 13.2 Å². The molecular weight excluding hydrogens is 631 g/mol. The van der Waals surface area contributed by atoms with Crippen LogP contribution in [0, 0.1) is 12.8 Å². The van der Waals surface area contributed by atoms with Crippen molar-refractivity contribution >= 4 is 52.2 Å². The molecule has 3 heterocycles. The Morgan fingerprint density at radius 1 is 1.00 bits per heavy atom. The van der Waals surface area contributed by atoms with Crippen molar-refractivity contribution in [2.45, 2.75) is 29.3 Å². The van der Waals surface area contributed by atoms with E-state index in [1.54, 1.807) is 24.3 Å². The van der Waals surface area contributed by atoms with Crippen molar-refractivity contribution in [2.24, 2.45) is 5.92 Å². The normalized spacial score (nSPS) is 19.2. The lowest BCUT2D eigenvalue weighted by Gasteiger charge is -2.30. The number of hydrogen-bond donors (Lipinski definition) is 2. The van der Waals surface area contributed by atoms with Gasteiger partial charge >= 0.3 is 11.0 Å². The van der Waals surface area contributed by atoms with Gasteiger partial charge in [0.25, 0.3) is 5.91 Å². The molecule has 3 atom stereocenters. The summed E-state index contributed by atoms with van der Waals surface area (Å²) in [5, 5.41) is 2.02. The van der Waals surface area contributed by atoms with Crippen LogP contribution in [0.3, 0.4) is 0 Å². The highest BCUT2D eigenvalue weighted by molar-refractivity contribution is 8.00. The van der Waals surface area contributed by atoms with Crippen LogP contribution in [0.2, 0.25) is 0 Å². The molecule has 0 aliphatic carbocycles. The van der Waals surface area contributed by atoms with Gasteiger partial charge in [0.2, 0.25) is 11.8 Å². The number of thioether (sulfide) groups is 1. The molecule has 3 amide bonds. The Labute approximate surface area is 262 Å². The zero-order valence-electron chi connectivity index (χ0n) is 23.6. The van der Waals surface area contributed by atoms with Gasteiger partial charge in [-0.05, 0) is 48.9 Å². The Balaban J connectivity index is 1.32. The van der Waals surface area contributed by atoms with Crippen LogP contribution in [0.4, 0.5) is 24.5 Å². The average molecular weight is 656 g/mol. The summed E-state index contributed by atoms with van der Waals surface area (Å²) in [6.07, 6.45) is -4.80. The number of thiazole rings is 1. The van der Waals surface area contributed by atoms with Gasteiger partial charge in [0.1, 0.15) is 5.25 Å². The molecule has 0 spiro atoms. The zero-order chi connectivity index (χ0) is 32.0. The second-order valence-corrected chi connectivity index (χ2v) is 12.6. The number of alkyl halides is 3. The van der Waals surface area contributed by atoms with Crippen LogP contribution < -0.4 is 24.6 Å². The number of anilines is 2. The molecular formula is C31H24F3N3O6S2. The summed E-state index contributed by atoms with van der Waals surface area (Å²) in [7, 11) is 1.39. The molecule has 6 rings (SSSR count). The quantitative estimate of drug-likeness (QED) is 0.250. The van der Waals surface area contributed by atoms with Gasteiger partial charge in [-0.15, -0.1) is 0 Å². The Morgan fingerprint density at radius 2 is 1.73 bits per heavy atom. The van der Waals surface area contributed by atoms with Crippen molar-refractivity contribution in [3.63, 3.8) is 0 Å². The second kappa shape index (κ2) is 11.7. The maximum absolute atomic E-state index is 13.9. The van der Waals surface area contributed by atoms with E-state index in [0.29, 0.717) is 26.1 Å². The van der Waals surface area contributed by atoms with E-state index in [1.165, 1.54) is 25.3 Å². The fourth-order valence-electron chi connectivity index (χ4n) is 5.50. The number of carbonyl (C=O) groups is 3. The highest BCUT2D eigenvalue weighted by Crippen LogP contribution is 2.54. The van der Waals surface area contributed by atoms with E-state index in [2.05, 4.69) is 10.3 Å². The molecule has 232 valence electrons. The first kappa shape index (κ1) is 30.5. The summed E-state index contributed by atoms with van der Waals surface area (Å²) < 4.78 is 52.9. The maximum Gasteiger partial charge on any atom is 0.418 e. The maximum atomic E-state index is 13.9. The van der Waals surface area contributed by atoms with Gasteiger partial charge in [0, 0.05) is 16.5 Å². The lowest BCUT2D eigenvalue weighted by Crippen LogP contribution is -2.33. The van der Waals surface area contributed by atoms with E-state index >= 15 is 0 Å². The summed E-state index contributed by atoms with van der Waals surface area (Å²) in [4.78, 5) is 55.8. The standard InChI is InChI=1S/C31H24F3N3O6S2/c1-15-7-10-17(11-8-15)35-22(38)14-43-20-12-9-16(13-21(20)42-2)23-24-26(44-27-25(23)45-30(41)36-27)29(40)37(28(24)39)19-6-4-3-5-18(19)31(32,33)34/h3-13,23-24,26H,14H2,1-2H3,(H,35,38)(H,36,41)/t23-,24?,26?/m1/s1. The van der Waals surface area contributed by atoms with Crippen molar-refractivity contribution in [3.05, 3.63) is 98.0 Å². The summed E-state index contributed by atoms with van der Waals surface area (Å²) in [6, 6.07) is 16.4. The molecule has 2 aliphatic heterocycles. The molecule has 2 aliphatic rings. The number of H-pyrrole nitrogens is 1. The van der Waals surface area contributed by atoms with Crippen LogP contribution >= 0.6 is 23.1 Å². The molecule has 45 heavy (non-hydrogen) atoms. The third kappa shape index (κ3) is 5.71. The average Bonchev–Trinajstić information content (AvgIpc) is 3.50. The predicted octanol–water partition coefficient (Wildman–Crippen LogP) is 5.59. The van der Waals surface area contributed by atoms with Crippen molar-refractivity contribution in [2.75, 3.05) is 23.9 Å². The number of aromatic nitrogens is 1. The Bertz CT molecular complexity index is 1870. The molecule has 0 bridgehead atoms.